The molecule has 0 aromatic heterocycles. The SMILES string of the molecule is [C-]#[N+]c1ccc2c(c1)C1(c3ccccc3-c3ccc(N(c4ccccc4)c4ccccc4)cc31)c1cc(C#N)ccc1-2. The third-order valence-electron chi connectivity index (χ3n) is 8.69. The molecule has 0 amide bonds. The zero-order chi connectivity index (χ0) is 28.3. The van der Waals surface area contributed by atoms with E-state index in [1.54, 1.807) is 0 Å². The summed E-state index contributed by atoms with van der Waals surface area (Å²) in [5.74, 6) is 0. The second kappa shape index (κ2) is 9.07. The fourth-order valence-corrected chi connectivity index (χ4v) is 7.04. The lowest BCUT2D eigenvalue weighted by Crippen LogP contribution is -2.26. The summed E-state index contributed by atoms with van der Waals surface area (Å²) in [6.45, 7) is 7.84. The molecule has 6 aromatic rings. The van der Waals surface area contributed by atoms with Gasteiger partial charge in [0.15, 0.2) is 5.69 Å². The number of hydrogen-bond acceptors (Lipinski definition) is 2. The number of nitriles is 1. The van der Waals surface area contributed by atoms with Gasteiger partial charge in [0.1, 0.15) is 0 Å². The number of para-hydroxylation sites is 2. The van der Waals surface area contributed by atoms with Gasteiger partial charge in [0.25, 0.3) is 0 Å². The van der Waals surface area contributed by atoms with Gasteiger partial charge in [0.05, 0.1) is 23.6 Å². The highest BCUT2D eigenvalue weighted by atomic mass is 15.1. The predicted octanol–water partition coefficient (Wildman–Crippen LogP) is 9.92. The highest BCUT2D eigenvalue weighted by molar-refractivity contribution is 5.97. The Morgan fingerprint density at radius 1 is 0.524 bits per heavy atom. The molecule has 0 aliphatic heterocycles. The molecule has 3 nitrogen and oxygen atoms in total. The lowest BCUT2D eigenvalue weighted by molar-refractivity contribution is 0.794. The third kappa shape index (κ3) is 3.20. The number of rotatable bonds is 3. The standard InChI is InChI=1S/C39H23N3/c1-41-27-17-20-33-32-19-16-26(25-40)22-36(32)39(37(33)23-27)35-15-9-8-14-31(35)34-21-18-30(24-38(34)39)42(28-10-4-2-5-11-28)29-12-6-3-7-13-29/h2-24H. The lowest BCUT2D eigenvalue weighted by Gasteiger charge is -2.32. The Hall–Kier alpha value is -5.90. The van der Waals surface area contributed by atoms with Crippen molar-refractivity contribution >= 4 is 22.7 Å². The average molecular weight is 534 g/mol. The van der Waals surface area contributed by atoms with Crippen LogP contribution >= 0.6 is 0 Å². The summed E-state index contributed by atoms with van der Waals surface area (Å²) in [6.07, 6.45) is 0. The summed E-state index contributed by atoms with van der Waals surface area (Å²) in [6, 6.07) is 50.6. The molecule has 8 rings (SSSR count). The van der Waals surface area contributed by atoms with E-state index in [1.807, 2.05) is 24.3 Å². The van der Waals surface area contributed by atoms with E-state index in [4.69, 9.17) is 6.57 Å². The van der Waals surface area contributed by atoms with E-state index < -0.39 is 5.41 Å². The summed E-state index contributed by atoms with van der Waals surface area (Å²) in [5, 5.41) is 9.96. The first kappa shape index (κ1) is 23.9. The van der Waals surface area contributed by atoms with Gasteiger partial charge in [-0.3, -0.25) is 0 Å². The number of benzene rings is 6. The summed E-state index contributed by atoms with van der Waals surface area (Å²) >= 11 is 0. The summed E-state index contributed by atoms with van der Waals surface area (Å²) in [5.41, 5.74) is 12.9. The third-order valence-corrected chi connectivity index (χ3v) is 8.69. The van der Waals surface area contributed by atoms with E-state index in [2.05, 4.69) is 131 Å². The predicted molar refractivity (Wildman–Crippen MR) is 168 cm³/mol. The number of anilines is 3. The van der Waals surface area contributed by atoms with E-state index in [0.29, 0.717) is 11.3 Å². The minimum Gasteiger partial charge on any atom is -0.310 e. The molecule has 0 N–H and O–H groups in total. The summed E-state index contributed by atoms with van der Waals surface area (Å²) < 4.78 is 0. The van der Waals surface area contributed by atoms with Crippen LogP contribution in [-0.4, -0.2) is 0 Å². The normalized spacial score (nSPS) is 15.2. The Morgan fingerprint density at radius 3 is 1.74 bits per heavy atom. The molecule has 0 bridgehead atoms. The van der Waals surface area contributed by atoms with Crippen molar-refractivity contribution in [2.75, 3.05) is 4.90 Å². The summed E-state index contributed by atoms with van der Waals surface area (Å²) in [4.78, 5) is 6.11. The van der Waals surface area contributed by atoms with Crippen molar-refractivity contribution in [2.45, 2.75) is 5.41 Å². The molecular weight excluding hydrogens is 510 g/mol. The van der Waals surface area contributed by atoms with E-state index in [9.17, 15) is 5.26 Å². The van der Waals surface area contributed by atoms with Gasteiger partial charge in [-0.15, -0.1) is 0 Å². The van der Waals surface area contributed by atoms with Crippen LogP contribution in [0.3, 0.4) is 0 Å². The van der Waals surface area contributed by atoms with E-state index >= 15 is 0 Å². The van der Waals surface area contributed by atoms with Crippen LogP contribution in [-0.2, 0) is 5.41 Å². The van der Waals surface area contributed by atoms with Gasteiger partial charge in [-0.1, -0.05) is 91.0 Å². The maximum absolute atomic E-state index is 9.96. The fraction of sp³-hybridized carbons (Fsp3) is 0.0256. The van der Waals surface area contributed by atoms with E-state index in [1.165, 1.54) is 16.7 Å². The molecule has 0 heterocycles. The number of fused-ring (bicyclic) bond motifs is 10. The van der Waals surface area contributed by atoms with Gasteiger partial charge in [-0.05, 0) is 93.0 Å². The smallest absolute Gasteiger partial charge is 0.187 e. The summed E-state index contributed by atoms with van der Waals surface area (Å²) in [7, 11) is 0. The quantitative estimate of drug-likeness (QED) is 0.212. The lowest BCUT2D eigenvalue weighted by atomic mass is 9.70. The molecule has 3 heteroatoms. The molecule has 2 aliphatic carbocycles. The Morgan fingerprint density at radius 2 is 1.07 bits per heavy atom. The van der Waals surface area contributed by atoms with Crippen molar-refractivity contribution in [2.24, 2.45) is 0 Å². The minimum absolute atomic E-state index is 0.610. The van der Waals surface area contributed by atoms with Crippen molar-refractivity contribution in [3.8, 4) is 28.3 Å². The van der Waals surface area contributed by atoms with Gasteiger partial charge in [-0.25, -0.2) is 4.85 Å². The molecule has 1 atom stereocenters. The van der Waals surface area contributed by atoms with E-state index in [0.717, 1.165) is 44.9 Å². The van der Waals surface area contributed by atoms with Crippen molar-refractivity contribution in [3.63, 3.8) is 0 Å². The first-order valence-corrected chi connectivity index (χ1v) is 14.0. The van der Waals surface area contributed by atoms with Crippen molar-refractivity contribution in [1.82, 2.24) is 0 Å². The molecular formula is C39H23N3. The van der Waals surface area contributed by atoms with Crippen LogP contribution in [0.25, 0.3) is 27.1 Å². The van der Waals surface area contributed by atoms with Gasteiger partial charge >= 0.3 is 0 Å². The zero-order valence-electron chi connectivity index (χ0n) is 22.6. The minimum atomic E-state index is -0.654. The van der Waals surface area contributed by atoms with Gasteiger partial charge in [0, 0.05) is 17.1 Å². The van der Waals surface area contributed by atoms with Crippen LogP contribution in [0, 0.1) is 17.9 Å². The van der Waals surface area contributed by atoms with Crippen LogP contribution in [0.4, 0.5) is 22.7 Å². The molecule has 1 spiro atoms. The van der Waals surface area contributed by atoms with Gasteiger partial charge in [-0.2, -0.15) is 5.26 Å². The monoisotopic (exact) mass is 533 g/mol. The Balaban J connectivity index is 1.48. The molecule has 1 unspecified atom stereocenters. The molecule has 0 radical (unpaired) electrons. The van der Waals surface area contributed by atoms with Crippen LogP contribution in [0.1, 0.15) is 27.8 Å². The Labute approximate surface area is 245 Å². The van der Waals surface area contributed by atoms with Crippen LogP contribution in [0.2, 0.25) is 0 Å². The molecule has 0 saturated carbocycles. The van der Waals surface area contributed by atoms with Crippen LogP contribution in [0.5, 0.6) is 0 Å². The Bertz CT molecular complexity index is 2010. The molecule has 42 heavy (non-hydrogen) atoms. The maximum atomic E-state index is 9.96. The highest BCUT2D eigenvalue weighted by Gasteiger charge is 2.52. The molecule has 0 fully saturated rings. The van der Waals surface area contributed by atoms with Crippen LogP contribution in [0.15, 0.2) is 140 Å². The fourth-order valence-electron chi connectivity index (χ4n) is 7.04. The maximum Gasteiger partial charge on any atom is 0.187 e. The largest absolute Gasteiger partial charge is 0.310 e. The average Bonchev–Trinajstić information content (AvgIpc) is 3.52. The molecule has 194 valence electrons. The van der Waals surface area contributed by atoms with Crippen molar-refractivity contribution < 1.29 is 0 Å². The second-order valence-corrected chi connectivity index (χ2v) is 10.7. The first-order valence-electron chi connectivity index (χ1n) is 14.0. The molecule has 0 saturated heterocycles. The van der Waals surface area contributed by atoms with Crippen LogP contribution < -0.4 is 4.90 Å². The highest BCUT2D eigenvalue weighted by Crippen LogP contribution is 2.63. The van der Waals surface area contributed by atoms with Crippen molar-refractivity contribution in [3.05, 3.63) is 179 Å². The van der Waals surface area contributed by atoms with E-state index in [-0.39, 0.29) is 0 Å². The van der Waals surface area contributed by atoms with Gasteiger partial charge in [0.2, 0.25) is 0 Å². The second-order valence-electron chi connectivity index (χ2n) is 10.7. The van der Waals surface area contributed by atoms with Gasteiger partial charge < -0.3 is 4.90 Å². The first-order chi connectivity index (χ1) is 20.7. The number of hydrogen-bond donors (Lipinski definition) is 0. The topological polar surface area (TPSA) is 31.4 Å². The number of nitrogens with zero attached hydrogens (tertiary/aromatic N) is 3. The Kier molecular flexibility index (Phi) is 5.17. The molecule has 2 aliphatic rings. The molecule has 6 aromatic carbocycles. The zero-order valence-corrected chi connectivity index (χ0v) is 22.6. The van der Waals surface area contributed by atoms with Crippen molar-refractivity contribution in [1.29, 1.82) is 5.26 Å².